The largest absolute Gasteiger partial charge is 0.339 e. The molecule has 1 atom stereocenters. The molecule has 2 N–H and O–H groups in total. The summed E-state index contributed by atoms with van der Waals surface area (Å²) < 4.78 is 5.19. The van der Waals surface area contributed by atoms with Crippen molar-refractivity contribution >= 4 is 0 Å². The van der Waals surface area contributed by atoms with E-state index < -0.39 is 0 Å². The predicted molar refractivity (Wildman–Crippen MR) is 52.8 cm³/mol. The van der Waals surface area contributed by atoms with Gasteiger partial charge >= 0.3 is 0 Å². The molecule has 0 aliphatic heterocycles. The van der Waals surface area contributed by atoms with Crippen LogP contribution in [0.2, 0.25) is 0 Å². The molecule has 2 rings (SSSR count). The predicted octanol–water partition coefficient (Wildman–Crippen LogP) is 1.26. The van der Waals surface area contributed by atoms with Gasteiger partial charge in [-0.2, -0.15) is 4.98 Å². The highest BCUT2D eigenvalue weighted by Gasteiger charge is 2.43. The minimum atomic E-state index is 0.202. The molecule has 0 aromatic carbocycles. The van der Waals surface area contributed by atoms with E-state index in [9.17, 15) is 0 Å². The van der Waals surface area contributed by atoms with Crippen LogP contribution in [-0.2, 0) is 11.8 Å². The topological polar surface area (TPSA) is 64.9 Å². The van der Waals surface area contributed by atoms with Crippen LogP contribution in [-0.4, -0.2) is 16.7 Å². The van der Waals surface area contributed by atoms with Crippen molar-refractivity contribution in [2.75, 3.05) is 6.54 Å². The van der Waals surface area contributed by atoms with Crippen molar-refractivity contribution in [2.45, 2.75) is 38.5 Å². The molecule has 1 unspecified atom stereocenters. The van der Waals surface area contributed by atoms with E-state index in [4.69, 9.17) is 10.3 Å². The van der Waals surface area contributed by atoms with E-state index in [0.29, 0.717) is 12.5 Å². The maximum absolute atomic E-state index is 5.53. The van der Waals surface area contributed by atoms with Crippen LogP contribution in [0.1, 0.15) is 38.4 Å². The molecule has 1 fully saturated rings. The van der Waals surface area contributed by atoms with Crippen LogP contribution in [0, 0.1) is 5.92 Å². The second kappa shape index (κ2) is 3.35. The fourth-order valence-electron chi connectivity index (χ4n) is 1.38. The summed E-state index contributed by atoms with van der Waals surface area (Å²) in [6, 6.07) is 0. The van der Waals surface area contributed by atoms with Crippen LogP contribution in [0.5, 0.6) is 0 Å². The van der Waals surface area contributed by atoms with Crippen LogP contribution >= 0.6 is 0 Å². The zero-order chi connectivity index (χ0) is 10.2. The molecule has 14 heavy (non-hydrogen) atoms. The lowest BCUT2D eigenvalue weighted by molar-refractivity contribution is 0.353. The van der Waals surface area contributed by atoms with Crippen LogP contribution < -0.4 is 5.73 Å². The van der Waals surface area contributed by atoms with Crippen molar-refractivity contribution in [3.05, 3.63) is 11.7 Å². The molecule has 1 saturated carbocycles. The highest BCUT2D eigenvalue weighted by atomic mass is 16.5. The second-order valence-electron chi connectivity index (χ2n) is 4.62. The van der Waals surface area contributed by atoms with E-state index in [2.05, 4.69) is 24.0 Å². The van der Waals surface area contributed by atoms with Gasteiger partial charge in [0.25, 0.3) is 0 Å². The van der Waals surface area contributed by atoms with Gasteiger partial charge in [0.1, 0.15) is 0 Å². The van der Waals surface area contributed by atoms with Gasteiger partial charge in [-0.1, -0.05) is 19.0 Å². The molecule has 4 nitrogen and oxygen atoms in total. The third-order valence-electron chi connectivity index (χ3n) is 2.93. The van der Waals surface area contributed by atoms with Crippen molar-refractivity contribution in [3.63, 3.8) is 0 Å². The maximum Gasteiger partial charge on any atom is 0.226 e. The van der Waals surface area contributed by atoms with E-state index in [1.807, 2.05) is 0 Å². The minimum absolute atomic E-state index is 0.202. The molecule has 0 amide bonds. The van der Waals surface area contributed by atoms with Crippen molar-refractivity contribution in [3.8, 4) is 0 Å². The third-order valence-corrected chi connectivity index (χ3v) is 2.93. The fraction of sp³-hybridized carbons (Fsp3) is 0.800. The normalized spacial score (nSPS) is 20.8. The Bertz CT molecular complexity index is 317. The van der Waals surface area contributed by atoms with E-state index in [1.54, 1.807) is 0 Å². The first-order chi connectivity index (χ1) is 6.64. The number of hydrogen-bond acceptors (Lipinski definition) is 4. The molecule has 1 aromatic rings. The molecule has 0 bridgehead atoms. The Morgan fingerprint density at radius 3 is 2.86 bits per heavy atom. The number of aromatic nitrogens is 2. The molecule has 1 aromatic heterocycles. The zero-order valence-electron chi connectivity index (χ0n) is 8.79. The van der Waals surface area contributed by atoms with Crippen LogP contribution in [0.3, 0.4) is 0 Å². The number of rotatable bonds is 4. The van der Waals surface area contributed by atoms with Gasteiger partial charge in [0, 0.05) is 11.8 Å². The number of nitrogens with zero attached hydrogens (tertiary/aromatic N) is 2. The summed E-state index contributed by atoms with van der Waals surface area (Å²) in [5, 5.41) is 4.01. The molecule has 78 valence electrons. The summed E-state index contributed by atoms with van der Waals surface area (Å²) in [5.41, 5.74) is 5.74. The van der Waals surface area contributed by atoms with E-state index in [0.717, 1.165) is 18.1 Å². The van der Waals surface area contributed by atoms with E-state index >= 15 is 0 Å². The van der Waals surface area contributed by atoms with Gasteiger partial charge in [-0.05, 0) is 25.3 Å². The number of hydrogen-bond donors (Lipinski definition) is 1. The average molecular weight is 195 g/mol. The summed E-state index contributed by atoms with van der Waals surface area (Å²) in [4.78, 5) is 4.40. The Balaban J connectivity index is 2.03. The first kappa shape index (κ1) is 9.65. The SMILES string of the molecule is CC(CN)Cc1nc(C2(C)CC2)no1. The maximum atomic E-state index is 5.53. The van der Waals surface area contributed by atoms with Gasteiger partial charge in [0.05, 0.1) is 0 Å². The van der Waals surface area contributed by atoms with Gasteiger partial charge in [-0.25, -0.2) is 0 Å². The van der Waals surface area contributed by atoms with Crippen molar-refractivity contribution in [1.82, 2.24) is 10.1 Å². The first-order valence-corrected chi connectivity index (χ1v) is 5.17. The number of nitrogens with two attached hydrogens (primary N) is 1. The fourth-order valence-corrected chi connectivity index (χ4v) is 1.38. The lowest BCUT2D eigenvalue weighted by Gasteiger charge is -2.02. The zero-order valence-corrected chi connectivity index (χ0v) is 8.79. The summed E-state index contributed by atoms with van der Waals surface area (Å²) in [5.74, 6) is 2.01. The molecule has 1 aliphatic rings. The van der Waals surface area contributed by atoms with Crippen molar-refractivity contribution < 1.29 is 4.52 Å². The smallest absolute Gasteiger partial charge is 0.226 e. The summed E-state index contributed by atoms with van der Waals surface area (Å²) in [7, 11) is 0. The van der Waals surface area contributed by atoms with Gasteiger partial charge in [0.2, 0.25) is 5.89 Å². The molecule has 0 radical (unpaired) electrons. The van der Waals surface area contributed by atoms with E-state index in [1.165, 1.54) is 12.8 Å². The second-order valence-corrected chi connectivity index (χ2v) is 4.62. The highest BCUT2D eigenvalue weighted by Crippen LogP contribution is 2.45. The highest BCUT2D eigenvalue weighted by molar-refractivity contribution is 5.14. The van der Waals surface area contributed by atoms with E-state index in [-0.39, 0.29) is 5.41 Å². The average Bonchev–Trinajstić information content (AvgIpc) is 2.75. The minimum Gasteiger partial charge on any atom is -0.339 e. The van der Waals surface area contributed by atoms with Crippen LogP contribution in [0.15, 0.2) is 4.52 Å². The third kappa shape index (κ3) is 1.80. The van der Waals surface area contributed by atoms with Gasteiger partial charge in [-0.15, -0.1) is 0 Å². The molecular formula is C10H17N3O. The Morgan fingerprint density at radius 1 is 1.57 bits per heavy atom. The lowest BCUT2D eigenvalue weighted by atomic mass is 10.1. The standard InChI is InChI=1S/C10H17N3O/c1-7(6-11)5-8-12-9(13-14-8)10(2)3-4-10/h7H,3-6,11H2,1-2H3. The summed E-state index contributed by atoms with van der Waals surface area (Å²) >= 11 is 0. The van der Waals surface area contributed by atoms with Gasteiger partial charge in [-0.3, -0.25) is 0 Å². The molecule has 0 saturated heterocycles. The van der Waals surface area contributed by atoms with Crippen molar-refractivity contribution in [1.29, 1.82) is 0 Å². The summed E-state index contributed by atoms with van der Waals surface area (Å²) in [6.07, 6.45) is 3.15. The van der Waals surface area contributed by atoms with Gasteiger partial charge < -0.3 is 10.3 Å². The van der Waals surface area contributed by atoms with Crippen LogP contribution in [0.4, 0.5) is 0 Å². The Hall–Kier alpha value is -0.900. The molecule has 4 heteroatoms. The van der Waals surface area contributed by atoms with Crippen molar-refractivity contribution in [2.24, 2.45) is 11.7 Å². The molecule has 0 spiro atoms. The Morgan fingerprint density at radius 2 is 2.29 bits per heavy atom. The Kier molecular flexibility index (Phi) is 2.31. The molecule has 1 heterocycles. The van der Waals surface area contributed by atoms with Gasteiger partial charge in [0.15, 0.2) is 5.82 Å². The first-order valence-electron chi connectivity index (χ1n) is 5.17. The molecular weight excluding hydrogens is 178 g/mol. The Labute approximate surface area is 83.9 Å². The van der Waals surface area contributed by atoms with Crippen LogP contribution in [0.25, 0.3) is 0 Å². The lowest BCUT2D eigenvalue weighted by Crippen LogP contribution is -2.13. The molecule has 1 aliphatic carbocycles. The quantitative estimate of drug-likeness (QED) is 0.785. The monoisotopic (exact) mass is 195 g/mol. The summed E-state index contributed by atoms with van der Waals surface area (Å²) in [6.45, 7) is 4.92.